The SMILES string of the molecule is CCc1ccc2c(c1)[C@H](NC[C@H](O)[C@@H](Cc1cc(F)cc(F)c1)NC(=O)c1cccc(=O)[nH]1)CCC2. The normalized spacial score (nSPS) is 16.7. The van der Waals surface area contributed by atoms with E-state index in [1.54, 1.807) is 0 Å². The topological polar surface area (TPSA) is 94.2 Å². The minimum absolute atomic E-state index is 0.00156. The first-order valence-electron chi connectivity index (χ1n) is 12.3. The van der Waals surface area contributed by atoms with Crippen LogP contribution in [-0.2, 0) is 19.3 Å². The van der Waals surface area contributed by atoms with E-state index in [0.29, 0.717) is 5.56 Å². The van der Waals surface area contributed by atoms with E-state index in [0.717, 1.165) is 31.7 Å². The van der Waals surface area contributed by atoms with Gasteiger partial charge in [0, 0.05) is 24.7 Å². The Labute approximate surface area is 208 Å². The molecule has 0 saturated carbocycles. The smallest absolute Gasteiger partial charge is 0.268 e. The van der Waals surface area contributed by atoms with E-state index in [4.69, 9.17) is 0 Å². The standard InChI is InChI=1S/C28H31F2N3O3/c1-2-17-9-10-19-5-3-6-23(22(19)13-17)31-16-26(34)25(14-18-11-20(29)15-21(30)12-18)33-28(36)24-7-4-8-27(35)32-24/h4,7-13,15,23,25-26,31,34H,2-3,5-6,14,16H2,1H3,(H,32,35)(H,33,36)/t23-,25-,26+/m1/s1. The van der Waals surface area contributed by atoms with Crippen molar-refractivity contribution in [2.24, 2.45) is 0 Å². The lowest BCUT2D eigenvalue weighted by atomic mass is 9.86. The summed E-state index contributed by atoms with van der Waals surface area (Å²) in [6, 6.07) is 13.0. The van der Waals surface area contributed by atoms with E-state index < -0.39 is 35.2 Å². The Hall–Kier alpha value is -3.36. The molecule has 0 saturated heterocycles. The Morgan fingerprint density at radius 2 is 1.89 bits per heavy atom. The number of pyridine rings is 1. The molecule has 2 aromatic carbocycles. The molecule has 1 aliphatic carbocycles. The number of nitrogens with one attached hydrogen (secondary N) is 3. The highest BCUT2D eigenvalue weighted by Gasteiger charge is 2.26. The quantitative estimate of drug-likeness (QED) is 0.365. The van der Waals surface area contributed by atoms with Crippen LogP contribution >= 0.6 is 0 Å². The van der Waals surface area contributed by atoms with Gasteiger partial charge in [-0.15, -0.1) is 0 Å². The summed E-state index contributed by atoms with van der Waals surface area (Å²) >= 11 is 0. The first kappa shape index (κ1) is 25.7. The van der Waals surface area contributed by atoms with Crippen molar-refractivity contribution < 1.29 is 18.7 Å². The third-order valence-electron chi connectivity index (χ3n) is 6.68. The van der Waals surface area contributed by atoms with Crippen LogP contribution < -0.4 is 16.2 Å². The number of H-pyrrole nitrogens is 1. The second-order valence-corrected chi connectivity index (χ2v) is 9.30. The average molecular weight is 496 g/mol. The fourth-order valence-electron chi connectivity index (χ4n) is 4.78. The number of benzene rings is 2. The summed E-state index contributed by atoms with van der Waals surface area (Å²) in [6.45, 7) is 2.27. The average Bonchev–Trinajstić information content (AvgIpc) is 2.85. The van der Waals surface area contributed by atoms with Gasteiger partial charge in [0.1, 0.15) is 17.3 Å². The largest absolute Gasteiger partial charge is 0.390 e. The molecule has 3 atom stereocenters. The van der Waals surface area contributed by atoms with E-state index in [-0.39, 0.29) is 24.7 Å². The summed E-state index contributed by atoms with van der Waals surface area (Å²) in [6.07, 6.45) is 2.83. The van der Waals surface area contributed by atoms with E-state index in [2.05, 4.69) is 40.7 Å². The molecule has 1 aliphatic rings. The van der Waals surface area contributed by atoms with Gasteiger partial charge in [0.05, 0.1) is 12.1 Å². The highest BCUT2D eigenvalue weighted by atomic mass is 19.1. The Kier molecular flexibility index (Phi) is 8.28. The maximum absolute atomic E-state index is 13.8. The molecule has 36 heavy (non-hydrogen) atoms. The van der Waals surface area contributed by atoms with Gasteiger partial charge in [0.25, 0.3) is 5.91 Å². The molecule has 1 amide bonds. The van der Waals surface area contributed by atoms with Crippen LogP contribution in [0.15, 0.2) is 59.4 Å². The molecule has 190 valence electrons. The molecular formula is C28H31F2N3O3. The minimum atomic E-state index is -1.06. The van der Waals surface area contributed by atoms with Crippen molar-refractivity contribution in [3.63, 3.8) is 0 Å². The molecule has 0 unspecified atom stereocenters. The number of rotatable bonds is 9. The van der Waals surface area contributed by atoms with Crippen molar-refractivity contribution in [2.75, 3.05) is 6.54 Å². The summed E-state index contributed by atoms with van der Waals surface area (Å²) < 4.78 is 27.6. The first-order valence-corrected chi connectivity index (χ1v) is 12.3. The number of fused-ring (bicyclic) bond motifs is 1. The van der Waals surface area contributed by atoms with Gasteiger partial charge in [-0.05, 0) is 72.6 Å². The Bertz CT molecular complexity index is 1260. The lowest BCUT2D eigenvalue weighted by molar-refractivity contribution is 0.0818. The first-order chi connectivity index (χ1) is 17.3. The maximum atomic E-state index is 13.8. The predicted molar refractivity (Wildman–Crippen MR) is 134 cm³/mol. The van der Waals surface area contributed by atoms with Crippen molar-refractivity contribution >= 4 is 5.91 Å². The highest BCUT2D eigenvalue weighted by Crippen LogP contribution is 2.30. The zero-order chi connectivity index (χ0) is 25.7. The molecule has 1 heterocycles. The molecule has 0 radical (unpaired) electrons. The number of aryl methyl sites for hydroxylation is 2. The van der Waals surface area contributed by atoms with Crippen molar-refractivity contribution in [1.82, 2.24) is 15.6 Å². The van der Waals surface area contributed by atoms with E-state index in [1.165, 1.54) is 47.0 Å². The van der Waals surface area contributed by atoms with Gasteiger partial charge >= 0.3 is 0 Å². The van der Waals surface area contributed by atoms with Crippen LogP contribution in [0.25, 0.3) is 0 Å². The number of aliphatic hydroxyl groups excluding tert-OH is 1. The van der Waals surface area contributed by atoms with Crippen molar-refractivity contribution in [1.29, 1.82) is 0 Å². The second kappa shape index (κ2) is 11.6. The molecule has 0 aliphatic heterocycles. The van der Waals surface area contributed by atoms with Gasteiger partial charge in [-0.25, -0.2) is 8.78 Å². The predicted octanol–water partition coefficient (Wildman–Crippen LogP) is 3.58. The summed E-state index contributed by atoms with van der Waals surface area (Å²) in [4.78, 5) is 26.9. The molecule has 1 aromatic heterocycles. The van der Waals surface area contributed by atoms with Crippen LogP contribution in [0.1, 0.15) is 58.5 Å². The van der Waals surface area contributed by atoms with Crippen molar-refractivity contribution in [3.8, 4) is 0 Å². The number of aliphatic hydroxyl groups is 1. The second-order valence-electron chi connectivity index (χ2n) is 9.30. The Balaban J connectivity index is 1.51. The van der Waals surface area contributed by atoms with Gasteiger partial charge in [0.15, 0.2) is 0 Å². The number of hydrogen-bond acceptors (Lipinski definition) is 4. The van der Waals surface area contributed by atoms with Crippen molar-refractivity contribution in [3.05, 3.63) is 105 Å². The maximum Gasteiger partial charge on any atom is 0.268 e. The monoisotopic (exact) mass is 495 g/mol. The molecule has 4 rings (SSSR count). The molecule has 0 spiro atoms. The van der Waals surface area contributed by atoms with Gasteiger partial charge in [-0.2, -0.15) is 0 Å². The lowest BCUT2D eigenvalue weighted by Crippen LogP contribution is -2.49. The van der Waals surface area contributed by atoms with Gasteiger partial charge in [-0.1, -0.05) is 31.2 Å². The molecule has 4 N–H and O–H groups in total. The third-order valence-corrected chi connectivity index (χ3v) is 6.68. The van der Waals surface area contributed by atoms with Gasteiger partial charge in [-0.3, -0.25) is 9.59 Å². The van der Waals surface area contributed by atoms with Crippen LogP contribution in [0.2, 0.25) is 0 Å². The van der Waals surface area contributed by atoms with Crippen LogP contribution in [0.5, 0.6) is 0 Å². The molecule has 0 fully saturated rings. The fraction of sp³-hybridized carbons (Fsp3) is 0.357. The van der Waals surface area contributed by atoms with Crippen LogP contribution in [0, 0.1) is 11.6 Å². The zero-order valence-electron chi connectivity index (χ0n) is 20.2. The van der Waals surface area contributed by atoms with Crippen LogP contribution in [0.3, 0.4) is 0 Å². The third kappa shape index (κ3) is 6.44. The highest BCUT2D eigenvalue weighted by molar-refractivity contribution is 5.92. The van der Waals surface area contributed by atoms with Crippen LogP contribution in [-0.4, -0.2) is 34.7 Å². The molecule has 3 aromatic rings. The Morgan fingerprint density at radius 1 is 1.11 bits per heavy atom. The summed E-state index contributed by atoms with van der Waals surface area (Å²) in [5.74, 6) is -2.06. The number of carbonyl (C=O) groups excluding carboxylic acids is 1. The van der Waals surface area contributed by atoms with Gasteiger partial charge < -0.3 is 20.7 Å². The summed E-state index contributed by atoms with van der Waals surface area (Å²) in [7, 11) is 0. The number of aromatic amines is 1. The number of carbonyl (C=O) groups is 1. The van der Waals surface area contributed by atoms with Gasteiger partial charge in [0.2, 0.25) is 5.56 Å². The number of amides is 1. The molecule has 6 nitrogen and oxygen atoms in total. The minimum Gasteiger partial charge on any atom is -0.390 e. The number of aromatic nitrogens is 1. The molecular weight excluding hydrogens is 464 g/mol. The zero-order valence-corrected chi connectivity index (χ0v) is 20.2. The van der Waals surface area contributed by atoms with E-state index in [1.807, 2.05) is 0 Å². The number of halogens is 2. The number of hydrogen-bond donors (Lipinski definition) is 4. The molecule has 0 bridgehead atoms. The Morgan fingerprint density at radius 3 is 2.61 bits per heavy atom. The fourth-order valence-corrected chi connectivity index (χ4v) is 4.78. The summed E-state index contributed by atoms with van der Waals surface area (Å²) in [5.41, 5.74) is 3.66. The van der Waals surface area contributed by atoms with Crippen LogP contribution in [0.4, 0.5) is 8.78 Å². The van der Waals surface area contributed by atoms with E-state index >= 15 is 0 Å². The van der Waals surface area contributed by atoms with Crippen molar-refractivity contribution in [2.45, 2.75) is 57.2 Å². The summed E-state index contributed by atoms with van der Waals surface area (Å²) in [5, 5.41) is 17.3. The lowest BCUT2D eigenvalue weighted by Gasteiger charge is -2.30. The molecule has 8 heteroatoms. The van der Waals surface area contributed by atoms with E-state index in [9.17, 15) is 23.5 Å².